The number of fused-ring (bicyclic) bond motifs is 1. The van der Waals surface area contributed by atoms with Crippen LogP contribution in [0.4, 0.5) is 0 Å². The zero-order valence-corrected chi connectivity index (χ0v) is 13.5. The van der Waals surface area contributed by atoms with E-state index < -0.39 is 0 Å². The van der Waals surface area contributed by atoms with Gasteiger partial charge in [-0.2, -0.15) is 0 Å². The number of para-hydroxylation sites is 1. The first-order valence-corrected chi connectivity index (χ1v) is 8.48. The second-order valence-electron chi connectivity index (χ2n) is 5.32. The summed E-state index contributed by atoms with van der Waals surface area (Å²) in [6, 6.07) is 8.35. The van der Waals surface area contributed by atoms with Crippen LogP contribution < -0.4 is 0 Å². The van der Waals surface area contributed by atoms with Crippen molar-refractivity contribution in [2.45, 2.75) is 42.5 Å². The fraction of sp³-hybridized carbons (Fsp3) is 0.533. The molecule has 1 aromatic carbocycles. The Labute approximate surface area is 126 Å². The normalized spacial score (nSPS) is 19.3. The lowest BCUT2D eigenvalue weighted by molar-refractivity contribution is -0.0770. The van der Waals surface area contributed by atoms with Gasteiger partial charge in [-0.3, -0.25) is 0 Å². The maximum absolute atomic E-state index is 5.69. The van der Waals surface area contributed by atoms with Crippen LogP contribution in [0.2, 0.25) is 0 Å². The molecule has 1 aliphatic carbocycles. The predicted molar refractivity (Wildman–Crippen MR) is 84.2 cm³/mol. The van der Waals surface area contributed by atoms with Crippen LogP contribution in [0, 0.1) is 0 Å². The summed E-state index contributed by atoms with van der Waals surface area (Å²) in [5, 5.41) is 1.22. The van der Waals surface area contributed by atoms with Crippen molar-refractivity contribution in [3.8, 4) is 0 Å². The lowest BCUT2D eigenvalue weighted by Gasteiger charge is -2.41. The number of hydrogen-bond donors (Lipinski definition) is 0. The van der Waals surface area contributed by atoms with E-state index in [9.17, 15) is 0 Å². The smallest absolute Gasteiger partial charge is 0.0949 e. The number of aromatic nitrogens is 1. The first-order valence-electron chi connectivity index (χ1n) is 6.74. The van der Waals surface area contributed by atoms with Gasteiger partial charge in [0.1, 0.15) is 0 Å². The van der Waals surface area contributed by atoms with Gasteiger partial charge in [0.2, 0.25) is 0 Å². The molecule has 1 fully saturated rings. The molecule has 0 radical (unpaired) electrons. The molecule has 19 heavy (non-hydrogen) atoms. The van der Waals surface area contributed by atoms with Crippen molar-refractivity contribution in [2.75, 3.05) is 7.11 Å². The minimum absolute atomic E-state index is 0.130. The molecular weight excluding hydrogens is 322 g/mol. The Morgan fingerprint density at radius 1 is 1.42 bits per heavy atom. The number of rotatable bonds is 5. The fourth-order valence-corrected chi connectivity index (χ4v) is 4.89. The van der Waals surface area contributed by atoms with Gasteiger partial charge in [-0.25, -0.2) is 4.98 Å². The largest absolute Gasteiger partial charge is 0.378 e. The molecule has 2 nitrogen and oxygen atoms in total. The summed E-state index contributed by atoms with van der Waals surface area (Å²) in [5.41, 5.74) is 1.25. The summed E-state index contributed by atoms with van der Waals surface area (Å²) in [6.07, 6.45) is 5.77. The van der Waals surface area contributed by atoms with Gasteiger partial charge in [-0.1, -0.05) is 28.1 Å². The van der Waals surface area contributed by atoms with E-state index >= 15 is 0 Å². The Balaban J connectivity index is 1.67. The quantitative estimate of drug-likeness (QED) is 0.745. The Hall–Kier alpha value is -0.450. The zero-order chi connectivity index (χ0) is 13.3. The van der Waals surface area contributed by atoms with Gasteiger partial charge in [0.25, 0.3) is 0 Å². The van der Waals surface area contributed by atoms with Crippen LogP contribution in [0.3, 0.4) is 0 Å². The number of ether oxygens (including phenoxy) is 1. The van der Waals surface area contributed by atoms with Crippen molar-refractivity contribution in [1.82, 2.24) is 4.98 Å². The topological polar surface area (TPSA) is 22.1 Å². The average molecular weight is 340 g/mol. The molecule has 4 heteroatoms. The van der Waals surface area contributed by atoms with E-state index in [1.807, 2.05) is 13.2 Å². The molecule has 1 aromatic heterocycles. The molecule has 0 bridgehead atoms. The number of benzene rings is 1. The number of methoxy groups -OCH3 is 1. The standard InChI is InChI=1S/C15H18BrNOS/c1-18-15(7-4-8-15)10-11(16)9-14-17-12-5-2-3-6-13(12)19-14/h2-3,5-6,11H,4,7-10H2,1H3. The molecule has 3 rings (SSSR count). The van der Waals surface area contributed by atoms with Gasteiger partial charge in [0.15, 0.2) is 0 Å². The molecule has 1 unspecified atom stereocenters. The van der Waals surface area contributed by atoms with Crippen LogP contribution in [-0.2, 0) is 11.2 Å². The Morgan fingerprint density at radius 2 is 2.21 bits per heavy atom. The van der Waals surface area contributed by atoms with Crippen LogP contribution in [0.5, 0.6) is 0 Å². The molecule has 102 valence electrons. The average Bonchev–Trinajstić information content (AvgIpc) is 2.75. The number of hydrogen-bond acceptors (Lipinski definition) is 3. The van der Waals surface area contributed by atoms with E-state index in [4.69, 9.17) is 9.72 Å². The highest BCUT2D eigenvalue weighted by atomic mass is 79.9. The Bertz CT molecular complexity index is 526. The lowest BCUT2D eigenvalue weighted by Crippen LogP contribution is -2.41. The molecule has 1 heterocycles. The van der Waals surface area contributed by atoms with E-state index in [1.54, 1.807) is 11.3 Å². The molecule has 0 saturated heterocycles. The van der Waals surface area contributed by atoms with Crippen molar-refractivity contribution in [3.63, 3.8) is 0 Å². The van der Waals surface area contributed by atoms with Gasteiger partial charge < -0.3 is 4.74 Å². The first kappa shape index (κ1) is 13.5. The number of alkyl halides is 1. The van der Waals surface area contributed by atoms with Crippen molar-refractivity contribution in [1.29, 1.82) is 0 Å². The monoisotopic (exact) mass is 339 g/mol. The maximum Gasteiger partial charge on any atom is 0.0949 e. The molecule has 2 aromatic rings. The van der Waals surface area contributed by atoms with Crippen LogP contribution in [0.25, 0.3) is 10.2 Å². The van der Waals surface area contributed by atoms with Crippen LogP contribution >= 0.6 is 27.3 Å². The molecule has 0 aliphatic heterocycles. The maximum atomic E-state index is 5.69. The van der Waals surface area contributed by atoms with Gasteiger partial charge in [-0.15, -0.1) is 11.3 Å². The molecule has 1 aliphatic rings. The van der Waals surface area contributed by atoms with Crippen molar-refractivity contribution in [2.24, 2.45) is 0 Å². The van der Waals surface area contributed by atoms with Crippen molar-refractivity contribution < 1.29 is 4.74 Å². The van der Waals surface area contributed by atoms with Crippen LogP contribution in [-0.4, -0.2) is 22.5 Å². The van der Waals surface area contributed by atoms with Crippen molar-refractivity contribution >= 4 is 37.5 Å². The summed E-state index contributed by atoms with van der Waals surface area (Å²) in [7, 11) is 1.84. The summed E-state index contributed by atoms with van der Waals surface area (Å²) in [6.45, 7) is 0. The fourth-order valence-electron chi connectivity index (χ4n) is 2.74. The molecule has 1 saturated carbocycles. The Morgan fingerprint density at radius 3 is 2.84 bits per heavy atom. The number of halogens is 1. The number of thiazole rings is 1. The molecular formula is C15H18BrNOS. The zero-order valence-electron chi connectivity index (χ0n) is 11.1. The molecule has 0 amide bonds. The minimum Gasteiger partial charge on any atom is -0.378 e. The summed E-state index contributed by atoms with van der Waals surface area (Å²) in [5.74, 6) is 0. The second kappa shape index (κ2) is 5.51. The number of nitrogens with zero attached hydrogens (tertiary/aromatic N) is 1. The van der Waals surface area contributed by atoms with Crippen LogP contribution in [0.1, 0.15) is 30.7 Å². The van der Waals surface area contributed by atoms with E-state index in [1.165, 1.54) is 29.0 Å². The third-order valence-electron chi connectivity index (χ3n) is 4.03. The van der Waals surface area contributed by atoms with E-state index in [-0.39, 0.29) is 5.60 Å². The third kappa shape index (κ3) is 2.86. The lowest BCUT2D eigenvalue weighted by atomic mass is 9.76. The predicted octanol–water partition coefficient (Wildman–Crippen LogP) is 4.56. The summed E-state index contributed by atoms with van der Waals surface area (Å²) < 4.78 is 6.97. The second-order valence-corrected chi connectivity index (χ2v) is 7.73. The minimum atomic E-state index is 0.130. The highest BCUT2D eigenvalue weighted by molar-refractivity contribution is 9.09. The third-order valence-corrected chi connectivity index (χ3v) is 5.73. The molecule has 0 N–H and O–H groups in total. The summed E-state index contributed by atoms with van der Waals surface area (Å²) >= 11 is 5.61. The van der Waals surface area contributed by atoms with Gasteiger partial charge in [0, 0.05) is 18.4 Å². The van der Waals surface area contributed by atoms with E-state index in [2.05, 4.69) is 34.1 Å². The highest BCUT2D eigenvalue weighted by Gasteiger charge is 2.38. The van der Waals surface area contributed by atoms with Gasteiger partial charge in [-0.05, 0) is 37.8 Å². The highest BCUT2D eigenvalue weighted by Crippen LogP contribution is 2.41. The summed E-state index contributed by atoms with van der Waals surface area (Å²) in [4.78, 5) is 5.15. The van der Waals surface area contributed by atoms with E-state index in [0.29, 0.717) is 4.83 Å². The van der Waals surface area contributed by atoms with Crippen LogP contribution in [0.15, 0.2) is 24.3 Å². The Kier molecular flexibility index (Phi) is 3.92. The van der Waals surface area contributed by atoms with E-state index in [0.717, 1.165) is 18.4 Å². The molecule has 1 atom stereocenters. The van der Waals surface area contributed by atoms with Gasteiger partial charge >= 0.3 is 0 Å². The first-order chi connectivity index (χ1) is 9.21. The SMILES string of the molecule is COC1(CC(Br)Cc2nc3ccccc3s2)CCC1. The van der Waals surface area contributed by atoms with Crippen molar-refractivity contribution in [3.05, 3.63) is 29.3 Å². The van der Waals surface area contributed by atoms with Gasteiger partial charge in [0.05, 0.1) is 20.8 Å². The molecule has 0 spiro atoms.